The molecule has 4 nitrogen and oxygen atoms in total. The topological polar surface area (TPSA) is 53.3 Å². The van der Waals surface area contributed by atoms with E-state index in [1.807, 2.05) is 49.4 Å². The Labute approximate surface area is 169 Å². The lowest BCUT2D eigenvalue weighted by Gasteiger charge is -2.14. The Morgan fingerprint density at radius 1 is 1.22 bits per heavy atom. The Hall–Kier alpha value is -2.62. The number of anilines is 1. The molecule has 27 heavy (non-hydrogen) atoms. The van der Waals surface area contributed by atoms with E-state index in [-0.39, 0.29) is 5.91 Å². The zero-order chi connectivity index (χ0) is 19.1. The summed E-state index contributed by atoms with van der Waals surface area (Å²) < 4.78 is 6.09. The van der Waals surface area contributed by atoms with Crippen LogP contribution in [0.15, 0.2) is 46.9 Å². The van der Waals surface area contributed by atoms with Crippen LogP contribution in [-0.4, -0.2) is 13.0 Å². The number of hydrogen-bond acceptors (Lipinski definition) is 4. The highest BCUT2D eigenvalue weighted by Gasteiger charge is 2.33. The quantitative estimate of drug-likeness (QED) is 0.540. The SMILES string of the molecule is COc1ccc(-c2c(C)sc(N3Cc4ccc(Br)cc4C3=O)c2C#N)cc1. The van der Waals surface area contributed by atoms with Gasteiger partial charge in [-0.05, 0) is 42.3 Å². The van der Waals surface area contributed by atoms with Crippen molar-refractivity contribution in [2.24, 2.45) is 0 Å². The van der Waals surface area contributed by atoms with Crippen molar-refractivity contribution >= 4 is 38.2 Å². The molecule has 3 aromatic rings. The standard InChI is InChI=1S/C21H15BrN2O2S/c1-12-19(13-4-7-16(26-2)8-5-13)18(10-23)21(27-12)24-11-14-3-6-15(22)9-17(14)20(24)25/h3-9H,11H2,1-2H3. The maximum Gasteiger partial charge on any atom is 0.259 e. The fraction of sp³-hybridized carbons (Fsp3) is 0.143. The summed E-state index contributed by atoms with van der Waals surface area (Å²) in [6, 6.07) is 15.7. The molecule has 1 aliphatic heterocycles. The molecule has 1 aliphatic rings. The minimum Gasteiger partial charge on any atom is -0.497 e. The summed E-state index contributed by atoms with van der Waals surface area (Å²) in [4.78, 5) is 15.7. The van der Waals surface area contributed by atoms with Crippen molar-refractivity contribution in [3.05, 3.63) is 68.5 Å². The van der Waals surface area contributed by atoms with Crippen molar-refractivity contribution in [2.45, 2.75) is 13.5 Å². The van der Waals surface area contributed by atoms with Gasteiger partial charge < -0.3 is 4.74 Å². The van der Waals surface area contributed by atoms with E-state index in [9.17, 15) is 10.1 Å². The number of hydrogen-bond donors (Lipinski definition) is 0. The highest BCUT2D eigenvalue weighted by atomic mass is 79.9. The number of rotatable bonds is 3. The van der Waals surface area contributed by atoms with E-state index in [1.54, 1.807) is 12.0 Å². The first-order chi connectivity index (χ1) is 13.0. The van der Waals surface area contributed by atoms with Gasteiger partial charge in [-0.25, -0.2) is 0 Å². The molecule has 0 fully saturated rings. The maximum atomic E-state index is 12.9. The van der Waals surface area contributed by atoms with Crippen LogP contribution >= 0.6 is 27.3 Å². The molecule has 0 saturated carbocycles. The molecule has 1 aromatic heterocycles. The fourth-order valence-electron chi connectivity index (χ4n) is 3.37. The number of methoxy groups -OCH3 is 1. The molecule has 0 N–H and O–H groups in total. The van der Waals surface area contributed by atoms with Crippen LogP contribution in [-0.2, 0) is 6.54 Å². The number of ether oxygens (including phenoxy) is 1. The molecule has 2 heterocycles. The van der Waals surface area contributed by atoms with E-state index in [4.69, 9.17) is 4.74 Å². The van der Waals surface area contributed by atoms with E-state index in [0.717, 1.165) is 31.8 Å². The first-order valence-electron chi connectivity index (χ1n) is 8.31. The van der Waals surface area contributed by atoms with Gasteiger partial charge in [-0.15, -0.1) is 11.3 Å². The molecule has 6 heteroatoms. The number of amides is 1. The molecule has 1 amide bonds. The molecule has 134 valence electrons. The van der Waals surface area contributed by atoms with Crippen LogP contribution in [0, 0.1) is 18.3 Å². The number of nitrogens with zero attached hydrogens (tertiary/aromatic N) is 2. The molecule has 2 aromatic carbocycles. The maximum absolute atomic E-state index is 12.9. The summed E-state index contributed by atoms with van der Waals surface area (Å²) in [5.74, 6) is 0.700. The number of benzene rings is 2. The number of carbonyl (C=O) groups excluding carboxylic acids is 1. The molecule has 0 atom stereocenters. The Morgan fingerprint density at radius 2 is 1.96 bits per heavy atom. The summed E-state index contributed by atoms with van der Waals surface area (Å²) in [6.07, 6.45) is 0. The van der Waals surface area contributed by atoms with Gasteiger partial charge in [0.1, 0.15) is 16.8 Å². The van der Waals surface area contributed by atoms with Crippen molar-refractivity contribution < 1.29 is 9.53 Å². The van der Waals surface area contributed by atoms with Crippen LogP contribution in [0.2, 0.25) is 0 Å². The van der Waals surface area contributed by atoms with Crippen LogP contribution in [0.3, 0.4) is 0 Å². The number of carbonyl (C=O) groups is 1. The van der Waals surface area contributed by atoms with Gasteiger partial charge in [-0.3, -0.25) is 9.69 Å². The van der Waals surface area contributed by atoms with E-state index in [1.165, 1.54) is 11.3 Å². The Balaban J connectivity index is 1.79. The van der Waals surface area contributed by atoms with Gasteiger partial charge in [0.25, 0.3) is 5.91 Å². The zero-order valence-electron chi connectivity index (χ0n) is 14.7. The number of aryl methyl sites for hydroxylation is 1. The van der Waals surface area contributed by atoms with Crippen LogP contribution in [0.1, 0.15) is 26.4 Å². The van der Waals surface area contributed by atoms with E-state index >= 15 is 0 Å². The largest absolute Gasteiger partial charge is 0.497 e. The molecule has 0 spiro atoms. The third kappa shape index (κ3) is 2.93. The lowest BCUT2D eigenvalue weighted by atomic mass is 10.0. The van der Waals surface area contributed by atoms with Gasteiger partial charge in [0.15, 0.2) is 0 Å². The second-order valence-corrected chi connectivity index (χ2v) is 8.37. The monoisotopic (exact) mass is 438 g/mol. The molecule has 4 rings (SSSR count). The number of thiophene rings is 1. The van der Waals surface area contributed by atoms with Crippen molar-refractivity contribution in [3.63, 3.8) is 0 Å². The van der Waals surface area contributed by atoms with Gasteiger partial charge in [0.05, 0.1) is 19.2 Å². The Kier molecular flexibility index (Phi) is 4.50. The first-order valence-corrected chi connectivity index (χ1v) is 9.92. The number of halogens is 1. The Bertz CT molecular complexity index is 1100. The third-order valence-electron chi connectivity index (χ3n) is 4.68. The molecule has 0 aliphatic carbocycles. The Morgan fingerprint density at radius 3 is 2.63 bits per heavy atom. The number of nitriles is 1. The molecule has 0 bridgehead atoms. The van der Waals surface area contributed by atoms with Gasteiger partial charge >= 0.3 is 0 Å². The first kappa shape index (κ1) is 17.8. The molecular weight excluding hydrogens is 424 g/mol. The zero-order valence-corrected chi connectivity index (χ0v) is 17.1. The summed E-state index contributed by atoms with van der Waals surface area (Å²) in [6.45, 7) is 2.47. The van der Waals surface area contributed by atoms with E-state index < -0.39 is 0 Å². The smallest absolute Gasteiger partial charge is 0.259 e. The second-order valence-electron chi connectivity index (χ2n) is 6.25. The summed E-state index contributed by atoms with van der Waals surface area (Å²) in [5.41, 5.74) is 4.03. The van der Waals surface area contributed by atoms with Crippen molar-refractivity contribution in [1.82, 2.24) is 0 Å². The highest BCUT2D eigenvalue weighted by Crippen LogP contribution is 2.44. The summed E-state index contributed by atoms with van der Waals surface area (Å²) in [7, 11) is 1.62. The summed E-state index contributed by atoms with van der Waals surface area (Å²) >= 11 is 4.91. The predicted octanol–water partition coefficient (Wildman–Crippen LogP) is 5.53. The van der Waals surface area contributed by atoms with Crippen LogP contribution in [0.5, 0.6) is 5.75 Å². The minimum atomic E-state index is -0.0645. The molecule has 0 unspecified atom stereocenters. The third-order valence-corrected chi connectivity index (χ3v) is 6.30. The highest BCUT2D eigenvalue weighted by molar-refractivity contribution is 9.10. The van der Waals surface area contributed by atoms with Crippen LogP contribution in [0.4, 0.5) is 5.00 Å². The van der Waals surface area contributed by atoms with Crippen LogP contribution in [0.25, 0.3) is 11.1 Å². The van der Waals surface area contributed by atoms with Gasteiger partial charge in [0.2, 0.25) is 0 Å². The fourth-order valence-corrected chi connectivity index (χ4v) is 4.85. The van der Waals surface area contributed by atoms with Crippen molar-refractivity contribution in [3.8, 4) is 22.9 Å². The lowest BCUT2D eigenvalue weighted by Crippen LogP contribution is -2.22. The van der Waals surface area contributed by atoms with Crippen LogP contribution < -0.4 is 9.64 Å². The molecular formula is C21H15BrN2O2S. The van der Waals surface area contributed by atoms with E-state index in [0.29, 0.717) is 22.7 Å². The molecule has 0 saturated heterocycles. The van der Waals surface area contributed by atoms with Gasteiger partial charge in [-0.1, -0.05) is 34.1 Å². The van der Waals surface area contributed by atoms with E-state index in [2.05, 4.69) is 22.0 Å². The second kappa shape index (κ2) is 6.84. The number of fused-ring (bicyclic) bond motifs is 1. The molecule has 0 radical (unpaired) electrons. The average molecular weight is 439 g/mol. The van der Waals surface area contributed by atoms with Gasteiger partial charge in [0, 0.05) is 20.5 Å². The lowest BCUT2D eigenvalue weighted by molar-refractivity contribution is 0.0997. The minimum absolute atomic E-state index is 0.0645. The average Bonchev–Trinajstić information content (AvgIpc) is 3.18. The summed E-state index contributed by atoms with van der Waals surface area (Å²) in [5, 5.41) is 10.6. The normalized spacial score (nSPS) is 12.8. The van der Waals surface area contributed by atoms with Crippen molar-refractivity contribution in [1.29, 1.82) is 5.26 Å². The predicted molar refractivity (Wildman–Crippen MR) is 110 cm³/mol. The van der Waals surface area contributed by atoms with Crippen molar-refractivity contribution in [2.75, 3.05) is 12.0 Å². The van der Waals surface area contributed by atoms with Gasteiger partial charge in [-0.2, -0.15) is 5.26 Å².